The van der Waals surface area contributed by atoms with Gasteiger partial charge < -0.3 is 10.2 Å². The van der Waals surface area contributed by atoms with Gasteiger partial charge in [-0.1, -0.05) is 0 Å². The third kappa shape index (κ3) is 5.32. The van der Waals surface area contributed by atoms with Gasteiger partial charge in [-0.15, -0.1) is 11.3 Å². The van der Waals surface area contributed by atoms with Crippen LogP contribution in [0.3, 0.4) is 0 Å². The van der Waals surface area contributed by atoms with Crippen LogP contribution in [0.1, 0.15) is 62.8 Å². The van der Waals surface area contributed by atoms with Crippen molar-refractivity contribution >= 4 is 46.3 Å². The Labute approximate surface area is 232 Å². The van der Waals surface area contributed by atoms with E-state index in [4.69, 9.17) is 0 Å². The van der Waals surface area contributed by atoms with E-state index in [1.54, 1.807) is 10.3 Å². The maximum absolute atomic E-state index is 13.0. The number of thiazole rings is 1. The fourth-order valence-corrected chi connectivity index (χ4v) is 6.15. The normalized spacial score (nSPS) is 20.2. The summed E-state index contributed by atoms with van der Waals surface area (Å²) in [6.45, 7) is 7.58. The van der Waals surface area contributed by atoms with Crippen molar-refractivity contribution in [1.82, 2.24) is 19.7 Å². The van der Waals surface area contributed by atoms with E-state index in [2.05, 4.69) is 15.4 Å². The first kappa shape index (κ1) is 29.6. The van der Waals surface area contributed by atoms with Crippen LogP contribution in [0.2, 0.25) is 0 Å². The number of likely N-dealkylation sites (tertiary alicyclic amines) is 1. The largest absolute Gasteiger partial charge is 0.435 e. The average molecular weight is 582 g/mol. The fraction of sp³-hybridized carbons (Fsp3) is 0.577. The number of carbonyl (C=O) groups is 5. The van der Waals surface area contributed by atoms with E-state index in [9.17, 15) is 37.1 Å². The number of nitrogens with zero attached hydrogens (tertiary/aromatic N) is 4. The number of anilines is 1. The molecule has 1 aliphatic carbocycles. The first-order chi connectivity index (χ1) is 18.4. The van der Waals surface area contributed by atoms with Crippen LogP contribution < -0.4 is 5.32 Å². The SMILES string of the molecule is Cc1cc(C(F)(F)F)nn1CC(=O)N1CCC(c2nc(NC(=O)C3C(=O)C(C)(C)C(=O)C(C)(C)C3=O)cs2)CC1. The second kappa shape index (κ2) is 10.2. The Kier molecular flexibility index (Phi) is 7.54. The Morgan fingerprint density at radius 3 is 2.17 bits per heavy atom. The predicted molar refractivity (Wildman–Crippen MR) is 137 cm³/mol. The lowest BCUT2D eigenvalue weighted by molar-refractivity contribution is -0.161. The van der Waals surface area contributed by atoms with E-state index in [0.717, 1.165) is 10.7 Å². The third-order valence-electron chi connectivity index (χ3n) is 7.68. The molecule has 2 aromatic heterocycles. The number of alkyl halides is 3. The zero-order chi connectivity index (χ0) is 29.8. The summed E-state index contributed by atoms with van der Waals surface area (Å²) in [6.07, 6.45) is -3.47. The van der Waals surface area contributed by atoms with E-state index in [1.165, 1.54) is 46.0 Å². The average Bonchev–Trinajstić information content (AvgIpc) is 3.49. The number of carbonyl (C=O) groups excluding carboxylic acids is 5. The monoisotopic (exact) mass is 581 g/mol. The molecule has 14 heteroatoms. The standard InChI is InChI=1S/C26H30F3N5O5S/c1-13-10-15(26(27,28)29)32-34(13)11-17(35)33-8-6-14(7-9-33)22-31-16(12-40-22)30-21(38)18-19(36)24(2,3)23(39)25(4,5)20(18)37/h10,12,14,18H,6-9,11H2,1-5H3,(H,30,38). The number of piperidine rings is 1. The van der Waals surface area contributed by atoms with Crippen LogP contribution in [0.5, 0.6) is 0 Å². The van der Waals surface area contributed by atoms with E-state index in [0.29, 0.717) is 30.9 Å². The molecule has 4 rings (SSSR count). The number of nitrogens with one attached hydrogen (secondary N) is 1. The van der Waals surface area contributed by atoms with Crippen molar-refractivity contribution in [2.75, 3.05) is 18.4 Å². The molecular formula is C26H30F3N5O5S. The Balaban J connectivity index is 1.35. The van der Waals surface area contributed by atoms with E-state index in [-0.39, 0.29) is 29.9 Å². The molecule has 2 aliphatic rings. The quantitative estimate of drug-likeness (QED) is 0.536. The molecule has 1 N–H and O–H groups in total. The lowest BCUT2D eigenvalue weighted by Crippen LogP contribution is -2.60. The number of aromatic nitrogens is 3. The summed E-state index contributed by atoms with van der Waals surface area (Å²) in [5.74, 6) is -4.63. The summed E-state index contributed by atoms with van der Waals surface area (Å²) in [6, 6.07) is 0.902. The molecule has 2 fully saturated rings. The highest BCUT2D eigenvalue weighted by Crippen LogP contribution is 2.41. The van der Waals surface area contributed by atoms with Gasteiger partial charge in [-0.05, 0) is 53.5 Å². The number of rotatable bonds is 5. The van der Waals surface area contributed by atoms with Crippen LogP contribution in [-0.4, -0.2) is 61.9 Å². The molecule has 40 heavy (non-hydrogen) atoms. The van der Waals surface area contributed by atoms with Crippen LogP contribution >= 0.6 is 11.3 Å². The zero-order valence-corrected chi connectivity index (χ0v) is 23.5. The molecule has 1 aliphatic heterocycles. The van der Waals surface area contributed by atoms with E-state index >= 15 is 0 Å². The summed E-state index contributed by atoms with van der Waals surface area (Å²) in [4.78, 5) is 70.2. The Bertz CT molecular complexity index is 1360. The van der Waals surface area contributed by atoms with E-state index < -0.39 is 51.9 Å². The highest BCUT2D eigenvalue weighted by molar-refractivity contribution is 7.10. The van der Waals surface area contributed by atoms with Gasteiger partial charge in [-0.3, -0.25) is 28.7 Å². The van der Waals surface area contributed by atoms with Gasteiger partial charge in [0.05, 0.1) is 15.8 Å². The van der Waals surface area contributed by atoms with Gasteiger partial charge in [0.1, 0.15) is 12.4 Å². The molecule has 2 amide bonds. The second-order valence-electron chi connectivity index (χ2n) is 11.3. The molecule has 0 bridgehead atoms. The summed E-state index contributed by atoms with van der Waals surface area (Å²) in [5, 5.41) is 8.36. The molecule has 0 unspecified atom stereocenters. The number of Topliss-reactive ketones (excluding diaryl/α,β-unsaturated/α-hetero) is 3. The van der Waals surface area contributed by atoms with Gasteiger partial charge in [0.2, 0.25) is 11.8 Å². The number of aryl methyl sites for hydroxylation is 1. The van der Waals surface area contributed by atoms with Gasteiger partial charge in [0, 0.05) is 30.1 Å². The van der Waals surface area contributed by atoms with Crippen molar-refractivity contribution in [3.8, 4) is 0 Å². The number of hydrogen-bond donors (Lipinski definition) is 1. The summed E-state index contributed by atoms with van der Waals surface area (Å²) in [5.41, 5.74) is -3.76. The van der Waals surface area contributed by atoms with Crippen molar-refractivity contribution in [2.45, 2.75) is 66.1 Å². The van der Waals surface area contributed by atoms with Crippen molar-refractivity contribution in [2.24, 2.45) is 16.7 Å². The molecule has 2 aromatic rings. The van der Waals surface area contributed by atoms with Gasteiger partial charge in [0.25, 0.3) is 0 Å². The second-order valence-corrected chi connectivity index (χ2v) is 12.2. The molecule has 10 nitrogen and oxygen atoms in total. The number of amides is 2. The van der Waals surface area contributed by atoms with Gasteiger partial charge >= 0.3 is 6.18 Å². The Morgan fingerprint density at radius 2 is 1.65 bits per heavy atom. The van der Waals surface area contributed by atoms with Crippen LogP contribution in [-0.2, 0) is 36.7 Å². The smallest absolute Gasteiger partial charge is 0.341 e. The van der Waals surface area contributed by atoms with Crippen molar-refractivity contribution in [3.63, 3.8) is 0 Å². The van der Waals surface area contributed by atoms with Crippen LogP contribution in [0.15, 0.2) is 11.4 Å². The first-order valence-corrected chi connectivity index (χ1v) is 13.6. The highest BCUT2D eigenvalue weighted by Gasteiger charge is 2.60. The zero-order valence-electron chi connectivity index (χ0n) is 22.7. The van der Waals surface area contributed by atoms with Crippen LogP contribution in [0.4, 0.5) is 19.0 Å². The lowest BCUT2D eigenvalue weighted by atomic mass is 9.58. The molecule has 0 aromatic carbocycles. The number of ketones is 3. The molecule has 0 spiro atoms. The maximum atomic E-state index is 13.0. The summed E-state index contributed by atoms with van der Waals surface area (Å²) < 4.78 is 39.8. The summed E-state index contributed by atoms with van der Waals surface area (Å²) >= 11 is 1.29. The highest BCUT2D eigenvalue weighted by atomic mass is 32.1. The minimum atomic E-state index is -4.59. The Morgan fingerprint density at radius 1 is 1.07 bits per heavy atom. The number of halogens is 3. The molecule has 1 saturated carbocycles. The van der Waals surface area contributed by atoms with Crippen LogP contribution in [0, 0.1) is 23.7 Å². The first-order valence-electron chi connectivity index (χ1n) is 12.7. The topological polar surface area (TPSA) is 131 Å². The van der Waals surface area contributed by atoms with Gasteiger partial charge in [0.15, 0.2) is 29.0 Å². The van der Waals surface area contributed by atoms with Crippen molar-refractivity contribution < 1.29 is 37.1 Å². The van der Waals surface area contributed by atoms with Crippen LogP contribution in [0.25, 0.3) is 0 Å². The molecule has 0 atom stereocenters. The van der Waals surface area contributed by atoms with Crippen molar-refractivity contribution in [1.29, 1.82) is 0 Å². The van der Waals surface area contributed by atoms with Crippen molar-refractivity contribution in [3.05, 3.63) is 27.8 Å². The molecule has 0 radical (unpaired) electrons. The lowest BCUT2D eigenvalue weighted by Gasteiger charge is -2.39. The predicted octanol–water partition coefficient (Wildman–Crippen LogP) is 3.40. The molecular weight excluding hydrogens is 551 g/mol. The fourth-order valence-electron chi connectivity index (χ4n) is 5.23. The van der Waals surface area contributed by atoms with E-state index in [1.807, 2.05) is 0 Å². The molecule has 1 saturated heterocycles. The Hall–Kier alpha value is -3.42. The summed E-state index contributed by atoms with van der Waals surface area (Å²) in [7, 11) is 0. The number of hydrogen-bond acceptors (Lipinski definition) is 8. The molecule has 216 valence electrons. The third-order valence-corrected chi connectivity index (χ3v) is 8.69. The minimum absolute atomic E-state index is 0.0172. The maximum Gasteiger partial charge on any atom is 0.435 e. The minimum Gasteiger partial charge on any atom is -0.341 e. The van der Waals surface area contributed by atoms with Gasteiger partial charge in [-0.25, -0.2) is 4.98 Å². The van der Waals surface area contributed by atoms with Gasteiger partial charge in [-0.2, -0.15) is 18.3 Å². The molecule has 3 heterocycles.